The van der Waals surface area contributed by atoms with E-state index in [1.54, 1.807) is 7.11 Å². The maximum absolute atomic E-state index is 7.10. The van der Waals surface area contributed by atoms with Gasteiger partial charge >= 0.3 is 0 Å². The fourth-order valence-corrected chi connectivity index (χ4v) is 5.65. The van der Waals surface area contributed by atoms with Crippen LogP contribution in [0, 0.1) is 5.92 Å². The van der Waals surface area contributed by atoms with E-state index < -0.39 is 5.60 Å². The standard InChI is InChI=1S/C33H32O4/c1-34-28-19-17-24(18-20-28)22-35-30-21-31-32(37-31)29(30)23-36-33(25-11-5-2-6-12-25,26-13-7-3-8-14-26)27-15-9-4-10-16-27/h2-20,29-32H,21-23H2,1H3/t29-,30+,31-,32+/m1/s1. The van der Waals surface area contributed by atoms with E-state index in [0.29, 0.717) is 13.2 Å². The summed E-state index contributed by atoms with van der Waals surface area (Å²) in [5.41, 5.74) is 3.71. The zero-order valence-corrected chi connectivity index (χ0v) is 21.0. The van der Waals surface area contributed by atoms with Gasteiger partial charge < -0.3 is 18.9 Å². The molecular weight excluding hydrogens is 460 g/mol. The number of rotatable bonds is 10. The summed E-state index contributed by atoms with van der Waals surface area (Å²) in [6.07, 6.45) is 1.46. The van der Waals surface area contributed by atoms with Crippen LogP contribution in [0.1, 0.15) is 28.7 Å². The molecular formula is C33H32O4. The first-order chi connectivity index (χ1) is 18.3. The number of ether oxygens (including phenoxy) is 4. The molecule has 1 aliphatic carbocycles. The third-order valence-electron chi connectivity index (χ3n) is 7.64. The molecule has 4 atom stereocenters. The van der Waals surface area contributed by atoms with Gasteiger partial charge in [-0.3, -0.25) is 0 Å². The van der Waals surface area contributed by atoms with Gasteiger partial charge in [-0.15, -0.1) is 0 Å². The Morgan fingerprint density at radius 3 is 1.78 bits per heavy atom. The van der Waals surface area contributed by atoms with Crippen molar-refractivity contribution in [2.75, 3.05) is 13.7 Å². The van der Waals surface area contributed by atoms with E-state index in [-0.39, 0.29) is 24.2 Å². The minimum atomic E-state index is -0.739. The number of hydrogen-bond donors (Lipinski definition) is 0. The Kier molecular flexibility index (Phi) is 6.79. The van der Waals surface area contributed by atoms with Crippen LogP contribution < -0.4 is 4.74 Å². The van der Waals surface area contributed by atoms with Gasteiger partial charge in [-0.2, -0.15) is 0 Å². The molecule has 4 aromatic carbocycles. The van der Waals surface area contributed by atoms with Gasteiger partial charge in [-0.1, -0.05) is 103 Å². The number of benzene rings is 4. The molecule has 37 heavy (non-hydrogen) atoms. The summed E-state index contributed by atoms with van der Waals surface area (Å²) in [5, 5.41) is 0. The molecule has 4 aromatic rings. The lowest BCUT2D eigenvalue weighted by Gasteiger charge is -2.37. The van der Waals surface area contributed by atoms with Crippen LogP contribution in [0.3, 0.4) is 0 Å². The molecule has 0 amide bonds. The van der Waals surface area contributed by atoms with Gasteiger partial charge in [-0.05, 0) is 34.4 Å². The first-order valence-corrected chi connectivity index (χ1v) is 13.0. The molecule has 1 saturated heterocycles. The molecule has 1 heterocycles. The highest BCUT2D eigenvalue weighted by Gasteiger charge is 2.56. The van der Waals surface area contributed by atoms with Crippen LogP contribution in [-0.4, -0.2) is 32.0 Å². The topological polar surface area (TPSA) is 40.2 Å². The molecule has 0 spiro atoms. The van der Waals surface area contributed by atoms with Gasteiger partial charge in [0.05, 0.1) is 38.6 Å². The predicted molar refractivity (Wildman–Crippen MR) is 143 cm³/mol. The lowest BCUT2D eigenvalue weighted by Crippen LogP contribution is -2.37. The molecule has 4 heteroatoms. The first kappa shape index (κ1) is 23.9. The Bertz CT molecular complexity index is 1180. The van der Waals surface area contributed by atoms with E-state index in [4.69, 9.17) is 18.9 Å². The summed E-state index contributed by atoms with van der Waals surface area (Å²) in [6, 6.07) is 39.6. The normalized spacial score (nSPS) is 22.4. The van der Waals surface area contributed by atoms with Crippen molar-refractivity contribution < 1.29 is 18.9 Å². The molecule has 4 nitrogen and oxygen atoms in total. The van der Waals surface area contributed by atoms with Crippen molar-refractivity contribution in [2.24, 2.45) is 5.92 Å². The van der Waals surface area contributed by atoms with E-state index in [1.165, 1.54) is 0 Å². The van der Waals surface area contributed by atoms with Gasteiger partial charge in [0.15, 0.2) is 0 Å². The Morgan fingerprint density at radius 2 is 1.27 bits per heavy atom. The van der Waals surface area contributed by atoms with Gasteiger partial charge in [0.25, 0.3) is 0 Å². The molecule has 1 aliphatic heterocycles. The molecule has 6 rings (SSSR count). The van der Waals surface area contributed by atoms with E-state index >= 15 is 0 Å². The van der Waals surface area contributed by atoms with E-state index in [9.17, 15) is 0 Å². The van der Waals surface area contributed by atoms with Gasteiger partial charge in [0, 0.05) is 12.3 Å². The van der Waals surface area contributed by atoms with Crippen molar-refractivity contribution in [2.45, 2.75) is 36.9 Å². The van der Waals surface area contributed by atoms with Crippen molar-refractivity contribution in [1.29, 1.82) is 0 Å². The van der Waals surface area contributed by atoms with E-state index in [2.05, 4.69) is 84.9 Å². The quantitative estimate of drug-likeness (QED) is 0.190. The minimum Gasteiger partial charge on any atom is -0.497 e. The maximum atomic E-state index is 7.10. The zero-order valence-electron chi connectivity index (χ0n) is 21.0. The van der Waals surface area contributed by atoms with Gasteiger partial charge in [0.2, 0.25) is 0 Å². The molecule has 2 fully saturated rings. The molecule has 188 valence electrons. The first-order valence-electron chi connectivity index (χ1n) is 13.0. The molecule has 0 bridgehead atoms. The highest BCUT2D eigenvalue weighted by Crippen LogP contribution is 2.47. The van der Waals surface area contributed by atoms with Crippen LogP contribution in [0.2, 0.25) is 0 Å². The number of methoxy groups -OCH3 is 1. The maximum Gasteiger partial charge on any atom is 0.143 e. The van der Waals surface area contributed by atoms with Gasteiger partial charge in [0.1, 0.15) is 11.4 Å². The van der Waals surface area contributed by atoms with Crippen LogP contribution in [0.25, 0.3) is 0 Å². The van der Waals surface area contributed by atoms with Crippen molar-refractivity contribution in [3.8, 4) is 5.75 Å². The second kappa shape index (κ2) is 10.5. The summed E-state index contributed by atoms with van der Waals surface area (Å²) >= 11 is 0. The van der Waals surface area contributed by atoms with Crippen molar-refractivity contribution in [1.82, 2.24) is 0 Å². The van der Waals surface area contributed by atoms with Crippen LogP contribution in [0.4, 0.5) is 0 Å². The Hall–Kier alpha value is -3.44. The summed E-state index contributed by atoms with van der Waals surface area (Å²) in [4.78, 5) is 0. The van der Waals surface area contributed by atoms with E-state index in [0.717, 1.165) is 34.4 Å². The number of epoxide rings is 1. The largest absolute Gasteiger partial charge is 0.497 e. The summed E-state index contributed by atoms with van der Waals surface area (Å²) < 4.78 is 24.8. The number of hydrogen-bond acceptors (Lipinski definition) is 4. The molecule has 0 unspecified atom stereocenters. The van der Waals surface area contributed by atoms with Crippen molar-refractivity contribution >= 4 is 0 Å². The molecule has 0 aromatic heterocycles. The molecule has 0 N–H and O–H groups in total. The molecule has 0 radical (unpaired) electrons. The highest BCUT2D eigenvalue weighted by atomic mass is 16.6. The second-order valence-electron chi connectivity index (χ2n) is 9.83. The smallest absolute Gasteiger partial charge is 0.143 e. The average Bonchev–Trinajstić information content (AvgIpc) is 3.66. The third-order valence-corrected chi connectivity index (χ3v) is 7.64. The van der Waals surface area contributed by atoms with Crippen LogP contribution in [0.15, 0.2) is 115 Å². The molecule has 2 aliphatic rings. The SMILES string of the molecule is COc1ccc(CO[C@H]2C[C@H]3O[C@H]3[C@@H]2COC(c2ccccc2)(c2ccccc2)c2ccccc2)cc1. The summed E-state index contributed by atoms with van der Waals surface area (Å²) in [7, 11) is 1.68. The van der Waals surface area contributed by atoms with Crippen LogP contribution in [0.5, 0.6) is 5.75 Å². The van der Waals surface area contributed by atoms with Crippen molar-refractivity contribution in [3.05, 3.63) is 138 Å². The van der Waals surface area contributed by atoms with Crippen LogP contribution >= 0.6 is 0 Å². The van der Waals surface area contributed by atoms with Crippen LogP contribution in [-0.2, 0) is 26.4 Å². The second-order valence-corrected chi connectivity index (χ2v) is 9.83. The Morgan fingerprint density at radius 1 is 0.730 bits per heavy atom. The summed E-state index contributed by atoms with van der Waals surface area (Å²) in [6.45, 7) is 1.10. The minimum absolute atomic E-state index is 0.0888. The fraction of sp³-hybridized carbons (Fsp3) is 0.273. The highest BCUT2D eigenvalue weighted by molar-refractivity contribution is 5.47. The predicted octanol–water partition coefficient (Wildman–Crippen LogP) is 6.38. The lowest BCUT2D eigenvalue weighted by molar-refractivity contribution is -0.0718. The summed E-state index contributed by atoms with van der Waals surface area (Å²) in [5.74, 6) is 1.02. The fourth-order valence-electron chi connectivity index (χ4n) is 5.65. The van der Waals surface area contributed by atoms with Gasteiger partial charge in [-0.25, -0.2) is 0 Å². The zero-order chi connectivity index (χ0) is 25.1. The molecule has 1 saturated carbocycles. The monoisotopic (exact) mass is 492 g/mol. The Labute approximate surface area is 218 Å². The Balaban J connectivity index is 1.28. The van der Waals surface area contributed by atoms with E-state index in [1.807, 2.05) is 30.3 Å². The van der Waals surface area contributed by atoms with Crippen molar-refractivity contribution in [3.63, 3.8) is 0 Å². The third kappa shape index (κ3) is 4.80. The lowest BCUT2D eigenvalue weighted by atomic mass is 9.80. The average molecular weight is 493 g/mol. The number of fused-ring (bicyclic) bond motifs is 1.